The lowest BCUT2D eigenvalue weighted by molar-refractivity contribution is -0.142. The molecule has 1 saturated carbocycles. The Balaban J connectivity index is 1.98. The molecule has 19 heavy (non-hydrogen) atoms. The number of hydrogen-bond donors (Lipinski definition) is 1. The van der Waals surface area contributed by atoms with Crippen molar-refractivity contribution < 1.29 is 14.3 Å². The fourth-order valence-electron chi connectivity index (χ4n) is 2.61. The predicted octanol–water partition coefficient (Wildman–Crippen LogP) is 1.40. The van der Waals surface area contributed by atoms with Crippen LogP contribution in [-0.2, 0) is 14.3 Å². The zero-order valence-electron chi connectivity index (χ0n) is 10.8. The number of rotatable bonds is 3. The van der Waals surface area contributed by atoms with E-state index in [1.165, 1.54) is 7.11 Å². The molecule has 5 nitrogen and oxygen atoms in total. The summed E-state index contributed by atoms with van der Waals surface area (Å²) in [5.41, 5.74) is 1.65. The van der Waals surface area contributed by atoms with E-state index in [1.54, 1.807) is 0 Å². The Morgan fingerprint density at radius 1 is 1.42 bits per heavy atom. The minimum Gasteiger partial charge on any atom is -0.467 e. The van der Waals surface area contributed by atoms with Crippen molar-refractivity contribution in [2.75, 3.05) is 23.9 Å². The first kappa shape index (κ1) is 12.0. The first-order valence-corrected chi connectivity index (χ1v) is 6.44. The van der Waals surface area contributed by atoms with E-state index in [9.17, 15) is 9.59 Å². The van der Waals surface area contributed by atoms with Crippen molar-refractivity contribution in [3.05, 3.63) is 24.3 Å². The van der Waals surface area contributed by atoms with Gasteiger partial charge in [0.15, 0.2) is 0 Å². The van der Waals surface area contributed by atoms with Gasteiger partial charge in [0.25, 0.3) is 0 Å². The van der Waals surface area contributed by atoms with E-state index >= 15 is 0 Å². The minimum absolute atomic E-state index is 0.0896. The maximum atomic E-state index is 12.0. The van der Waals surface area contributed by atoms with Crippen molar-refractivity contribution >= 4 is 23.3 Å². The maximum absolute atomic E-state index is 12.0. The van der Waals surface area contributed by atoms with Gasteiger partial charge in [-0.25, -0.2) is 4.79 Å². The molecule has 1 amide bonds. The molecule has 1 atom stereocenters. The van der Waals surface area contributed by atoms with E-state index in [-0.39, 0.29) is 24.5 Å². The summed E-state index contributed by atoms with van der Waals surface area (Å²) in [7, 11) is 1.40. The molecule has 0 saturated heterocycles. The zero-order valence-corrected chi connectivity index (χ0v) is 10.8. The number of benzene rings is 1. The van der Waals surface area contributed by atoms with Gasteiger partial charge in [-0.05, 0) is 30.9 Å². The van der Waals surface area contributed by atoms with Gasteiger partial charge < -0.3 is 15.0 Å². The number of esters is 1. The van der Waals surface area contributed by atoms with Gasteiger partial charge >= 0.3 is 5.97 Å². The number of carbonyl (C=O) groups excluding carboxylic acids is 2. The highest BCUT2D eigenvalue weighted by Crippen LogP contribution is 2.40. The summed E-state index contributed by atoms with van der Waals surface area (Å²) in [5.74, 6) is -0.0494. The third-order valence-corrected chi connectivity index (χ3v) is 3.65. The van der Waals surface area contributed by atoms with Crippen molar-refractivity contribution in [2.45, 2.75) is 18.9 Å². The third-order valence-electron chi connectivity index (χ3n) is 3.65. The molecule has 1 heterocycles. The number of ether oxygens (including phenoxy) is 1. The van der Waals surface area contributed by atoms with Crippen LogP contribution in [0, 0.1) is 5.92 Å². The number of carbonyl (C=O) groups is 2. The van der Waals surface area contributed by atoms with Gasteiger partial charge in [-0.2, -0.15) is 0 Å². The van der Waals surface area contributed by atoms with Crippen molar-refractivity contribution in [3.8, 4) is 0 Å². The molecule has 1 aliphatic heterocycles. The number of nitrogens with one attached hydrogen (secondary N) is 1. The third kappa shape index (κ3) is 2.16. The fourth-order valence-corrected chi connectivity index (χ4v) is 2.61. The van der Waals surface area contributed by atoms with Gasteiger partial charge in [-0.15, -0.1) is 0 Å². The lowest BCUT2D eigenvalue weighted by Crippen LogP contribution is -2.49. The van der Waals surface area contributed by atoms with E-state index in [0.717, 1.165) is 24.2 Å². The summed E-state index contributed by atoms with van der Waals surface area (Å²) in [6, 6.07) is 7.20. The van der Waals surface area contributed by atoms with Gasteiger partial charge in [-0.3, -0.25) is 4.79 Å². The van der Waals surface area contributed by atoms with Gasteiger partial charge in [0.1, 0.15) is 6.04 Å². The average Bonchev–Trinajstić information content (AvgIpc) is 3.23. The molecule has 0 aromatic heterocycles. The second-order valence-electron chi connectivity index (χ2n) is 5.00. The highest BCUT2D eigenvalue weighted by Gasteiger charge is 2.43. The van der Waals surface area contributed by atoms with Gasteiger partial charge in [0, 0.05) is 0 Å². The molecule has 0 bridgehead atoms. The number of para-hydroxylation sites is 2. The molecule has 100 valence electrons. The number of anilines is 2. The monoisotopic (exact) mass is 260 g/mol. The molecule has 2 aliphatic rings. The largest absolute Gasteiger partial charge is 0.467 e. The minimum atomic E-state index is -0.350. The summed E-state index contributed by atoms with van der Waals surface area (Å²) >= 11 is 0. The van der Waals surface area contributed by atoms with Crippen molar-refractivity contribution in [1.29, 1.82) is 0 Å². The van der Waals surface area contributed by atoms with Gasteiger partial charge in [-0.1, -0.05) is 12.1 Å². The van der Waals surface area contributed by atoms with Crippen LogP contribution in [0.15, 0.2) is 24.3 Å². The number of fused-ring (bicyclic) bond motifs is 1. The standard InChI is InChI=1S/C14H16N2O3/c1-19-14(18)13(9-6-7-9)16-8-12(17)15-10-4-2-3-5-11(10)16/h2-5,9,13H,6-8H2,1H3,(H,15,17). The second-order valence-corrected chi connectivity index (χ2v) is 5.00. The average molecular weight is 260 g/mol. The Hall–Kier alpha value is -2.04. The molecule has 1 unspecified atom stereocenters. The van der Waals surface area contributed by atoms with E-state index in [4.69, 9.17) is 4.74 Å². The first-order valence-electron chi connectivity index (χ1n) is 6.44. The number of amides is 1. The van der Waals surface area contributed by atoms with Crippen LogP contribution in [-0.4, -0.2) is 31.6 Å². The number of methoxy groups -OCH3 is 1. The van der Waals surface area contributed by atoms with Crippen LogP contribution in [0.4, 0.5) is 11.4 Å². The summed E-state index contributed by atoms with van der Waals surface area (Å²) < 4.78 is 4.90. The SMILES string of the molecule is COC(=O)C(C1CC1)N1CC(=O)Nc2ccccc21. The van der Waals surface area contributed by atoms with Gasteiger partial charge in [0.05, 0.1) is 25.0 Å². The molecule has 0 radical (unpaired) electrons. The number of hydrogen-bond acceptors (Lipinski definition) is 4. The lowest BCUT2D eigenvalue weighted by Gasteiger charge is -2.35. The predicted molar refractivity (Wildman–Crippen MR) is 70.9 cm³/mol. The van der Waals surface area contributed by atoms with Crippen LogP contribution >= 0.6 is 0 Å². The molecule has 3 rings (SSSR count). The summed E-state index contributed by atoms with van der Waals surface area (Å²) in [4.78, 5) is 25.7. The summed E-state index contributed by atoms with van der Waals surface area (Å²) in [5, 5.41) is 2.83. The van der Waals surface area contributed by atoms with Crippen molar-refractivity contribution in [3.63, 3.8) is 0 Å². The molecule has 1 fully saturated rings. The molecule has 1 N–H and O–H groups in total. The van der Waals surface area contributed by atoms with Crippen LogP contribution in [0.25, 0.3) is 0 Å². The van der Waals surface area contributed by atoms with Crippen LogP contribution in [0.2, 0.25) is 0 Å². The first-order chi connectivity index (χ1) is 9.20. The zero-order chi connectivity index (χ0) is 13.4. The molecule has 1 aliphatic carbocycles. The van der Waals surface area contributed by atoms with E-state index in [2.05, 4.69) is 5.32 Å². The van der Waals surface area contributed by atoms with Crippen LogP contribution in [0.5, 0.6) is 0 Å². The second kappa shape index (κ2) is 4.57. The smallest absolute Gasteiger partial charge is 0.328 e. The van der Waals surface area contributed by atoms with Crippen LogP contribution in [0.3, 0.4) is 0 Å². The number of nitrogens with zero attached hydrogens (tertiary/aromatic N) is 1. The molecule has 1 aromatic rings. The Labute approximate surface area is 111 Å². The molecular weight excluding hydrogens is 244 g/mol. The molecule has 1 aromatic carbocycles. The van der Waals surface area contributed by atoms with E-state index in [1.807, 2.05) is 29.2 Å². The molecular formula is C14H16N2O3. The Morgan fingerprint density at radius 3 is 2.84 bits per heavy atom. The van der Waals surface area contributed by atoms with E-state index in [0.29, 0.717) is 5.92 Å². The highest BCUT2D eigenvalue weighted by molar-refractivity contribution is 6.02. The Bertz CT molecular complexity index is 525. The molecule has 5 heteroatoms. The highest BCUT2D eigenvalue weighted by atomic mass is 16.5. The van der Waals surface area contributed by atoms with Crippen molar-refractivity contribution in [1.82, 2.24) is 0 Å². The molecule has 0 spiro atoms. The Morgan fingerprint density at radius 2 is 2.16 bits per heavy atom. The van der Waals surface area contributed by atoms with Gasteiger partial charge in [0.2, 0.25) is 5.91 Å². The van der Waals surface area contributed by atoms with Crippen LogP contribution in [0.1, 0.15) is 12.8 Å². The normalized spacial score (nSPS) is 19.4. The topological polar surface area (TPSA) is 58.6 Å². The maximum Gasteiger partial charge on any atom is 0.328 e. The quantitative estimate of drug-likeness (QED) is 0.834. The summed E-state index contributed by atoms with van der Waals surface area (Å²) in [6.07, 6.45) is 2.03. The van der Waals surface area contributed by atoms with E-state index < -0.39 is 0 Å². The summed E-state index contributed by atoms with van der Waals surface area (Å²) in [6.45, 7) is 0.202. The van der Waals surface area contributed by atoms with Crippen molar-refractivity contribution in [2.24, 2.45) is 5.92 Å². The van der Waals surface area contributed by atoms with Crippen LogP contribution < -0.4 is 10.2 Å². The Kier molecular flexibility index (Phi) is 2.89. The fraction of sp³-hybridized carbons (Fsp3) is 0.429. The lowest BCUT2D eigenvalue weighted by atomic mass is 10.1.